The van der Waals surface area contributed by atoms with Crippen LogP contribution in [0, 0.1) is 19.7 Å². The third-order valence-electron chi connectivity index (χ3n) is 5.95. The van der Waals surface area contributed by atoms with E-state index in [2.05, 4.69) is 14.8 Å². The van der Waals surface area contributed by atoms with Gasteiger partial charge >= 0.3 is 0 Å². The van der Waals surface area contributed by atoms with E-state index in [0.29, 0.717) is 30.7 Å². The quantitative estimate of drug-likeness (QED) is 0.324. The van der Waals surface area contributed by atoms with Crippen molar-refractivity contribution in [3.8, 4) is 11.4 Å². The van der Waals surface area contributed by atoms with Crippen LogP contribution in [0.1, 0.15) is 34.6 Å². The van der Waals surface area contributed by atoms with E-state index in [1.165, 1.54) is 23.9 Å². The molecule has 1 saturated heterocycles. The Bertz CT molecular complexity index is 1100. The Morgan fingerprint density at radius 3 is 2.73 bits per heavy atom. The highest BCUT2D eigenvalue weighted by Gasteiger charge is 2.23. The third-order valence-corrected chi connectivity index (χ3v) is 6.92. The van der Waals surface area contributed by atoms with E-state index in [0.717, 1.165) is 42.0 Å². The van der Waals surface area contributed by atoms with Gasteiger partial charge in [0, 0.05) is 42.8 Å². The number of methoxy groups -OCH3 is 1. The van der Waals surface area contributed by atoms with Gasteiger partial charge < -0.3 is 14.0 Å². The molecule has 0 N–H and O–H groups in total. The van der Waals surface area contributed by atoms with E-state index in [-0.39, 0.29) is 23.5 Å². The normalized spacial score (nSPS) is 15.9. The summed E-state index contributed by atoms with van der Waals surface area (Å²) in [6.07, 6.45) is 2.07. The molecule has 1 atom stereocenters. The second kappa shape index (κ2) is 10.6. The van der Waals surface area contributed by atoms with Crippen molar-refractivity contribution in [2.45, 2.75) is 51.0 Å². The van der Waals surface area contributed by atoms with Crippen molar-refractivity contribution in [2.24, 2.45) is 0 Å². The molecular weight excluding hydrogens is 443 g/mol. The van der Waals surface area contributed by atoms with Crippen LogP contribution in [0.3, 0.4) is 0 Å². The number of aryl methyl sites for hydroxylation is 1. The van der Waals surface area contributed by atoms with Gasteiger partial charge in [0.2, 0.25) is 0 Å². The average Bonchev–Trinajstić information content (AvgIpc) is 3.52. The number of halogens is 1. The summed E-state index contributed by atoms with van der Waals surface area (Å²) in [5.41, 5.74) is 3.49. The molecular formula is C24H29FN4O3S. The minimum atomic E-state index is -0.299. The summed E-state index contributed by atoms with van der Waals surface area (Å²) in [6.45, 7) is 6.62. The van der Waals surface area contributed by atoms with Crippen molar-refractivity contribution in [1.82, 2.24) is 19.3 Å². The second-order valence-corrected chi connectivity index (χ2v) is 9.14. The lowest BCUT2D eigenvalue weighted by Gasteiger charge is -2.14. The SMILES string of the molecule is COCCn1c(C)cc(C(=O)CSc2nnc(-c3ccc(F)cc3)n2CC2CCCO2)c1C. The lowest BCUT2D eigenvalue weighted by atomic mass is 10.2. The third kappa shape index (κ3) is 5.37. The molecule has 1 aromatic carbocycles. The van der Waals surface area contributed by atoms with Gasteiger partial charge in [-0.05, 0) is 57.0 Å². The van der Waals surface area contributed by atoms with Gasteiger partial charge in [-0.1, -0.05) is 11.8 Å². The van der Waals surface area contributed by atoms with Crippen LogP contribution >= 0.6 is 11.8 Å². The molecule has 0 radical (unpaired) electrons. The van der Waals surface area contributed by atoms with E-state index in [4.69, 9.17) is 9.47 Å². The highest BCUT2D eigenvalue weighted by molar-refractivity contribution is 7.99. The predicted octanol–water partition coefficient (Wildman–Crippen LogP) is 4.30. The molecule has 9 heteroatoms. The van der Waals surface area contributed by atoms with E-state index >= 15 is 0 Å². The molecule has 1 unspecified atom stereocenters. The average molecular weight is 473 g/mol. The number of benzene rings is 1. The first kappa shape index (κ1) is 23.7. The van der Waals surface area contributed by atoms with Crippen LogP contribution in [0.2, 0.25) is 0 Å². The zero-order chi connectivity index (χ0) is 23.4. The molecule has 1 fully saturated rings. The summed E-state index contributed by atoms with van der Waals surface area (Å²) < 4.78 is 28.5. The lowest BCUT2D eigenvalue weighted by Crippen LogP contribution is -2.17. The monoisotopic (exact) mass is 472 g/mol. The summed E-state index contributed by atoms with van der Waals surface area (Å²) >= 11 is 1.37. The van der Waals surface area contributed by atoms with E-state index in [1.807, 2.05) is 24.5 Å². The van der Waals surface area contributed by atoms with Gasteiger partial charge in [0.05, 0.1) is 25.0 Å². The zero-order valence-corrected chi connectivity index (χ0v) is 20.0. The Hall–Kier alpha value is -2.49. The molecule has 0 spiro atoms. The maximum absolute atomic E-state index is 13.4. The number of rotatable bonds is 10. The van der Waals surface area contributed by atoms with Gasteiger partial charge in [-0.3, -0.25) is 9.36 Å². The Morgan fingerprint density at radius 1 is 1.24 bits per heavy atom. The minimum absolute atomic E-state index is 0.0479. The number of hydrogen-bond acceptors (Lipinski definition) is 6. The number of aromatic nitrogens is 4. The van der Waals surface area contributed by atoms with Crippen LogP contribution in [-0.4, -0.2) is 57.3 Å². The number of ether oxygens (including phenoxy) is 2. The van der Waals surface area contributed by atoms with Crippen molar-refractivity contribution >= 4 is 17.5 Å². The van der Waals surface area contributed by atoms with Gasteiger partial charge in [0.1, 0.15) is 5.82 Å². The number of carbonyl (C=O) groups is 1. The number of hydrogen-bond donors (Lipinski definition) is 0. The molecule has 0 saturated carbocycles. The molecule has 4 rings (SSSR count). The Morgan fingerprint density at radius 2 is 2.03 bits per heavy atom. The van der Waals surface area contributed by atoms with Gasteiger partial charge in [-0.25, -0.2) is 4.39 Å². The summed E-state index contributed by atoms with van der Waals surface area (Å²) in [6, 6.07) is 8.15. The fourth-order valence-electron chi connectivity index (χ4n) is 4.18. The number of nitrogens with zero attached hydrogens (tertiary/aromatic N) is 4. The molecule has 0 bridgehead atoms. The van der Waals surface area contributed by atoms with E-state index in [1.54, 1.807) is 19.2 Å². The van der Waals surface area contributed by atoms with Gasteiger partial charge in [-0.15, -0.1) is 10.2 Å². The maximum atomic E-state index is 13.4. The maximum Gasteiger partial charge on any atom is 0.192 e. The standard InChI is InChI=1S/C24H29FN4O3S/c1-16-13-21(17(2)28(16)10-12-31-3)22(30)15-33-24-27-26-23(18-6-8-19(25)9-7-18)29(24)14-20-5-4-11-32-20/h6-9,13,20H,4-5,10-12,14-15H2,1-3H3. The van der Waals surface area contributed by atoms with Crippen molar-refractivity contribution in [2.75, 3.05) is 26.1 Å². The fourth-order valence-corrected chi connectivity index (χ4v) is 5.01. The van der Waals surface area contributed by atoms with Crippen molar-refractivity contribution in [3.63, 3.8) is 0 Å². The first-order valence-electron chi connectivity index (χ1n) is 11.1. The largest absolute Gasteiger partial charge is 0.383 e. The second-order valence-electron chi connectivity index (χ2n) is 8.20. The fraction of sp³-hybridized carbons (Fsp3) is 0.458. The lowest BCUT2D eigenvalue weighted by molar-refractivity contribution is 0.0953. The van der Waals surface area contributed by atoms with E-state index < -0.39 is 0 Å². The number of ketones is 1. The number of Topliss-reactive ketones (excluding diaryl/α,β-unsaturated/α-hetero) is 1. The van der Waals surface area contributed by atoms with Gasteiger partial charge in [0.25, 0.3) is 0 Å². The number of thioether (sulfide) groups is 1. The smallest absolute Gasteiger partial charge is 0.192 e. The van der Waals surface area contributed by atoms with Crippen LogP contribution in [0.4, 0.5) is 4.39 Å². The molecule has 1 aliphatic rings. The summed E-state index contributed by atoms with van der Waals surface area (Å²) in [5, 5.41) is 9.38. The predicted molar refractivity (Wildman–Crippen MR) is 125 cm³/mol. The molecule has 3 aromatic rings. The Kier molecular flexibility index (Phi) is 7.62. The molecule has 3 heterocycles. The van der Waals surface area contributed by atoms with Gasteiger partial charge in [-0.2, -0.15) is 0 Å². The topological polar surface area (TPSA) is 71.2 Å². The van der Waals surface area contributed by atoms with Crippen LogP contribution in [0.25, 0.3) is 11.4 Å². The van der Waals surface area contributed by atoms with Crippen LogP contribution in [0.5, 0.6) is 0 Å². The highest BCUT2D eigenvalue weighted by atomic mass is 32.2. The molecule has 33 heavy (non-hydrogen) atoms. The molecule has 0 amide bonds. The molecule has 176 valence electrons. The molecule has 0 aliphatic carbocycles. The Labute approximate surface area is 197 Å². The first-order chi connectivity index (χ1) is 16.0. The molecule has 7 nitrogen and oxygen atoms in total. The molecule has 2 aromatic heterocycles. The number of carbonyl (C=O) groups excluding carboxylic acids is 1. The highest BCUT2D eigenvalue weighted by Crippen LogP contribution is 2.28. The summed E-state index contributed by atoms with van der Waals surface area (Å²) in [4.78, 5) is 13.1. The zero-order valence-electron chi connectivity index (χ0n) is 19.2. The summed E-state index contributed by atoms with van der Waals surface area (Å²) in [5.74, 6) is 0.652. The van der Waals surface area contributed by atoms with Gasteiger partial charge in [0.15, 0.2) is 16.8 Å². The van der Waals surface area contributed by atoms with Crippen LogP contribution in [0.15, 0.2) is 35.5 Å². The van der Waals surface area contributed by atoms with Crippen LogP contribution < -0.4 is 0 Å². The minimum Gasteiger partial charge on any atom is -0.383 e. The first-order valence-corrected chi connectivity index (χ1v) is 12.1. The van der Waals surface area contributed by atoms with Crippen molar-refractivity contribution in [3.05, 3.63) is 53.1 Å². The summed E-state index contributed by atoms with van der Waals surface area (Å²) in [7, 11) is 1.67. The van der Waals surface area contributed by atoms with Crippen molar-refractivity contribution in [1.29, 1.82) is 0 Å². The Balaban J connectivity index is 1.54. The van der Waals surface area contributed by atoms with Crippen molar-refractivity contribution < 1.29 is 18.7 Å². The molecule has 1 aliphatic heterocycles. The van der Waals surface area contributed by atoms with Crippen LogP contribution in [-0.2, 0) is 22.6 Å². The van der Waals surface area contributed by atoms with E-state index in [9.17, 15) is 9.18 Å².